The molecular weight excluding hydrogens is 240 g/mol. The minimum atomic E-state index is 0.334. The molecule has 19 heavy (non-hydrogen) atoms. The average Bonchev–Trinajstić information content (AvgIpc) is 2.43. The van der Waals surface area contributed by atoms with Gasteiger partial charge >= 0.3 is 6.01 Å². The van der Waals surface area contributed by atoms with Crippen LogP contribution < -0.4 is 10.5 Å². The van der Waals surface area contributed by atoms with Crippen molar-refractivity contribution in [2.75, 3.05) is 6.54 Å². The first-order valence-corrected chi connectivity index (χ1v) is 6.38. The summed E-state index contributed by atoms with van der Waals surface area (Å²) in [5.74, 6) is 0.708. The Bertz CT molecular complexity index is 540. The lowest BCUT2D eigenvalue weighted by molar-refractivity contribution is 0.433. The zero-order chi connectivity index (χ0) is 13.7. The van der Waals surface area contributed by atoms with Gasteiger partial charge in [-0.3, -0.25) is 4.98 Å². The molecule has 0 fully saturated rings. The van der Waals surface area contributed by atoms with Crippen LogP contribution in [0.2, 0.25) is 0 Å². The predicted molar refractivity (Wildman–Crippen MR) is 73.2 cm³/mol. The molecule has 100 valence electrons. The second-order valence-corrected chi connectivity index (χ2v) is 4.27. The van der Waals surface area contributed by atoms with E-state index < -0.39 is 0 Å². The Morgan fingerprint density at radius 2 is 1.95 bits per heavy atom. The lowest BCUT2D eigenvalue weighted by Gasteiger charge is -2.08. The summed E-state index contributed by atoms with van der Waals surface area (Å²) in [6, 6.07) is 4.15. The van der Waals surface area contributed by atoms with Gasteiger partial charge in [-0.1, -0.05) is 6.92 Å². The van der Waals surface area contributed by atoms with Gasteiger partial charge in [0.05, 0.1) is 5.69 Å². The van der Waals surface area contributed by atoms with E-state index in [-0.39, 0.29) is 0 Å². The first-order chi connectivity index (χ1) is 9.22. The van der Waals surface area contributed by atoms with Crippen molar-refractivity contribution in [3.63, 3.8) is 0 Å². The van der Waals surface area contributed by atoms with E-state index in [0.29, 0.717) is 18.3 Å². The summed E-state index contributed by atoms with van der Waals surface area (Å²) in [4.78, 5) is 12.8. The highest BCUT2D eigenvalue weighted by molar-refractivity contribution is 5.31. The lowest BCUT2D eigenvalue weighted by Crippen LogP contribution is -2.04. The number of nitrogens with zero attached hydrogens (tertiary/aromatic N) is 3. The third-order valence-electron chi connectivity index (χ3n) is 2.72. The second kappa shape index (κ2) is 6.24. The fourth-order valence-electron chi connectivity index (χ4n) is 1.73. The first-order valence-electron chi connectivity index (χ1n) is 6.38. The Balaban J connectivity index is 2.16. The maximum absolute atomic E-state index is 5.67. The molecule has 5 heteroatoms. The van der Waals surface area contributed by atoms with Crippen molar-refractivity contribution in [2.24, 2.45) is 5.73 Å². The number of hydrogen-bond acceptors (Lipinski definition) is 5. The number of rotatable bonds is 5. The van der Waals surface area contributed by atoms with E-state index in [1.807, 2.05) is 26.0 Å². The van der Waals surface area contributed by atoms with Gasteiger partial charge in [-0.2, -0.15) is 0 Å². The Morgan fingerprint density at radius 3 is 2.58 bits per heavy atom. The molecule has 5 nitrogen and oxygen atoms in total. The summed E-state index contributed by atoms with van der Waals surface area (Å²) in [5.41, 5.74) is 8.37. The van der Waals surface area contributed by atoms with Gasteiger partial charge in [0.1, 0.15) is 0 Å². The third-order valence-corrected chi connectivity index (χ3v) is 2.72. The van der Waals surface area contributed by atoms with Crippen molar-refractivity contribution in [3.05, 3.63) is 41.5 Å². The van der Waals surface area contributed by atoms with Gasteiger partial charge in [0.25, 0.3) is 0 Å². The molecule has 0 aliphatic carbocycles. The van der Waals surface area contributed by atoms with E-state index in [9.17, 15) is 0 Å². The monoisotopic (exact) mass is 258 g/mol. The Kier molecular flexibility index (Phi) is 4.41. The van der Waals surface area contributed by atoms with Crippen molar-refractivity contribution in [2.45, 2.75) is 26.7 Å². The Morgan fingerprint density at radius 1 is 1.21 bits per heavy atom. The SMILES string of the molecule is CCc1nc(C)ccc1Oc1ncc(CCN)cn1. The van der Waals surface area contributed by atoms with Crippen LogP contribution in [0.3, 0.4) is 0 Å². The van der Waals surface area contributed by atoms with Gasteiger partial charge in [-0.05, 0) is 44.0 Å². The number of aromatic nitrogens is 3. The fraction of sp³-hybridized carbons (Fsp3) is 0.357. The molecule has 0 aliphatic heterocycles. The summed E-state index contributed by atoms with van der Waals surface area (Å²) >= 11 is 0. The van der Waals surface area contributed by atoms with Crippen LogP contribution in [0.25, 0.3) is 0 Å². The van der Waals surface area contributed by atoms with Crippen molar-refractivity contribution in [3.8, 4) is 11.8 Å². The van der Waals surface area contributed by atoms with Crippen molar-refractivity contribution in [1.29, 1.82) is 0 Å². The molecular formula is C14H18N4O. The van der Waals surface area contributed by atoms with Crippen LogP contribution in [0.5, 0.6) is 11.8 Å². The number of hydrogen-bond donors (Lipinski definition) is 1. The zero-order valence-corrected chi connectivity index (χ0v) is 11.3. The van der Waals surface area contributed by atoms with Crippen LogP contribution >= 0.6 is 0 Å². The quantitative estimate of drug-likeness (QED) is 0.888. The van der Waals surface area contributed by atoms with Crippen molar-refractivity contribution in [1.82, 2.24) is 15.0 Å². The molecule has 2 rings (SSSR count). The molecule has 0 aliphatic rings. The van der Waals surface area contributed by atoms with Gasteiger partial charge in [-0.25, -0.2) is 9.97 Å². The molecule has 0 bridgehead atoms. The number of nitrogens with two attached hydrogens (primary N) is 1. The van der Waals surface area contributed by atoms with Crippen LogP contribution in [0.4, 0.5) is 0 Å². The largest absolute Gasteiger partial charge is 0.422 e. The van der Waals surface area contributed by atoms with Crippen LogP contribution in [-0.4, -0.2) is 21.5 Å². The van der Waals surface area contributed by atoms with E-state index in [0.717, 1.165) is 29.8 Å². The van der Waals surface area contributed by atoms with Crippen molar-refractivity contribution >= 4 is 0 Å². The third kappa shape index (κ3) is 3.48. The van der Waals surface area contributed by atoms with E-state index in [1.54, 1.807) is 12.4 Å². The standard InChI is InChI=1S/C14H18N4O/c1-3-12-13(5-4-10(2)18-12)19-14-16-8-11(6-7-15)9-17-14/h4-5,8-9H,3,6-7,15H2,1-2H3. The lowest BCUT2D eigenvalue weighted by atomic mass is 10.2. The highest BCUT2D eigenvalue weighted by Gasteiger charge is 2.07. The van der Waals surface area contributed by atoms with Gasteiger partial charge < -0.3 is 10.5 Å². The van der Waals surface area contributed by atoms with Gasteiger partial charge in [0.15, 0.2) is 5.75 Å². The molecule has 0 saturated heterocycles. The van der Waals surface area contributed by atoms with E-state index in [4.69, 9.17) is 10.5 Å². The molecule has 2 N–H and O–H groups in total. The summed E-state index contributed by atoms with van der Waals surface area (Å²) in [7, 11) is 0. The zero-order valence-electron chi connectivity index (χ0n) is 11.3. The minimum Gasteiger partial charge on any atom is -0.422 e. The molecule has 2 heterocycles. The molecule has 0 amide bonds. The highest BCUT2D eigenvalue weighted by atomic mass is 16.5. The number of ether oxygens (including phenoxy) is 1. The number of pyridine rings is 1. The normalized spacial score (nSPS) is 10.5. The average molecular weight is 258 g/mol. The molecule has 2 aromatic heterocycles. The van der Waals surface area contributed by atoms with Gasteiger partial charge in [0, 0.05) is 18.1 Å². The molecule has 0 unspecified atom stereocenters. The van der Waals surface area contributed by atoms with Crippen LogP contribution in [-0.2, 0) is 12.8 Å². The van der Waals surface area contributed by atoms with E-state index >= 15 is 0 Å². The molecule has 0 aromatic carbocycles. The van der Waals surface area contributed by atoms with Gasteiger partial charge in [0.2, 0.25) is 0 Å². The van der Waals surface area contributed by atoms with Crippen LogP contribution in [0, 0.1) is 6.92 Å². The molecule has 0 saturated carbocycles. The molecule has 0 radical (unpaired) electrons. The minimum absolute atomic E-state index is 0.334. The topological polar surface area (TPSA) is 73.9 Å². The summed E-state index contributed by atoms with van der Waals surface area (Å²) < 4.78 is 5.67. The maximum Gasteiger partial charge on any atom is 0.321 e. The van der Waals surface area contributed by atoms with E-state index in [1.165, 1.54) is 0 Å². The predicted octanol–water partition coefficient (Wildman–Crippen LogP) is 2.04. The molecule has 0 spiro atoms. The van der Waals surface area contributed by atoms with E-state index in [2.05, 4.69) is 15.0 Å². The van der Waals surface area contributed by atoms with Gasteiger partial charge in [-0.15, -0.1) is 0 Å². The first kappa shape index (κ1) is 13.4. The van der Waals surface area contributed by atoms with Crippen molar-refractivity contribution < 1.29 is 4.74 Å². The number of aryl methyl sites for hydroxylation is 2. The highest BCUT2D eigenvalue weighted by Crippen LogP contribution is 2.22. The van der Waals surface area contributed by atoms with Crippen LogP contribution in [0.1, 0.15) is 23.9 Å². The molecule has 2 aromatic rings. The maximum atomic E-state index is 5.67. The second-order valence-electron chi connectivity index (χ2n) is 4.27. The Labute approximate surface area is 112 Å². The smallest absolute Gasteiger partial charge is 0.321 e. The molecule has 0 atom stereocenters. The van der Waals surface area contributed by atoms with Crippen LogP contribution in [0.15, 0.2) is 24.5 Å². The summed E-state index contributed by atoms with van der Waals surface area (Å²) in [5, 5.41) is 0. The summed E-state index contributed by atoms with van der Waals surface area (Å²) in [6.07, 6.45) is 5.06. The Hall–Kier alpha value is -2.01. The fourth-order valence-corrected chi connectivity index (χ4v) is 1.73. The summed E-state index contributed by atoms with van der Waals surface area (Å²) in [6.45, 7) is 4.59.